The number of halogens is 1. The van der Waals surface area contributed by atoms with Crippen molar-refractivity contribution < 1.29 is 22.4 Å². The predicted molar refractivity (Wildman–Crippen MR) is 118 cm³/mol. The number of ketones is 1. The lowest BCUT2D eigenvalue weighted by atomic mass is 9.98. The summed E-state index contributed by atoms with van der Waals surface area (Å²) in [6.45, 7) is 3.59. The van der Waals surface area contributed by atoms with Gasteiger partial charge in [-0.2, -0.15) is 0 Å². The van der Waals surface area contributed by atoms with Crippen LogP contribution in [0.1, 0.15) is 42.1 Å². The molecule has 1 aliphatic heterocycles. The van der Waals surface area contributed by atoms with Crippen LogP contribution in [-0.2, 0) is 14.8 Å². The molecule has 0 bridgehead atoms. The molecule has 2 aromatic rings. The van der Waals surface area contributed by atoms with Gasteiger partial charge in [0.25, 0.3) is 0 Å². The summed E-state index contributed by atoms with van der Waals surface area (Å²) in [5, 5.41) is -0.677. The van der Waals surface area contributed by atoms with Crippen LogP contribution in [0.4, 0.5) is 4.39 Å². The molecule has 166 valence electrons. The number of hydrogen-bond donors (Lipinski definition) is 1. The molecule has 31 heavy (non-hydrogen) atoms. The molecule has 0 radical (unpaired) electrons. The number of carbonyl (C=O) groups is 2. The van der Waals surface area contributed by atoms with Crippen LogP contribution in [0.2, 0.25) is 0 Å². The SMILES string of the molecule is CCC(=O)N1CCC(S(=O)(=O)NCC(=O)c2cc(-c3ccccc3)cc(C)c2F)CC1. The van der Waals surface area contributed by atoms with E-state index in [1.165, 1.54) is 6.07 Å². The third-order valence-electron chi connectivity index (χ3n) is 5.63. The summed E-state index contributed by atoms with van der Waals surface area (Å²) < 4.78 is 42.3. The number of nitrogens with one attached hydrogen (secondary N) is 1. The number of Topliss-reactive ketones (excluding diaryl/α,β-unsaturated/α-hetero) is 1. The van der Waals surface area contributed by atoms with Gasteiger partial charge in [0.05, 0.1) is 17.4 Å². The number of rotatable bonds is 7. The Morgan fingerprint density at radius 2 is 1.74 bits per heavy atom. The first-order chi connectivity index (χ1) is 14.7. The fourth-order valence-electron chi connectivity index (χ4n) is 3.79. The highest BCUT2D eigenvalue weighted by atomic mass is 32.2. The van der Waals surface area contributed by atoms with Crippen LogP contribution in [0, 0.1) is 12.7 Å². The molecule has 0 atom stereocenters. The van der Waals surface area contributed by atoms with Crippen molar-refractivity contribution in [2.24, 2.45) is 0 Å². The highest BCUT2D eigenvalue weighted by molar-refractivity contribution is 7.90. The molecule has 2 aromatic carbocycles. The molecule has 0 aliphatic carbocycles. The highest BCUT2D eigenvalue weighted by Crippen LogP contribution is 2.25. The van der Waals surface area contributed by atoms with Gasteiger partial charge in [-0.15, -0.1) is 0 Å². The van der Waals surface area contributed by atoms with Crippen LogP contribution in [0.15, 0.2) is 42.5 Å². The van der Waals surface area contributed by atoms with Crippen LogP contribution in [0.3, 0.4) is 0 Å². The van der Waals surface area contributed by atoms with Gasteiger partial charge in [0, 0.05) is 19.5 Å². The van der Waals surface area contributed by atoms with Crippen molar-refractivity contribution in [1.29, 1.82) is 0 Å². The Hall–Kier alpha value is -2.58. The molecule has 1 N–H and O–H groups in total. The molecular formula is C23H27FN2O4S. The predicted octanol–water partition coefficient (Wildman–Crippen LogP) is 3.30. The Morgan fingerprint density at radius 3 is 2.35 bits per heavy atom. The third-order valence-corrected chi connectivity index (χ3v) is 7.53. The van der Waals surface area contributed by atoms with Gasteiger partial charge >= 0.3 is 0 Å². The highest BCUT2D eigenvalue weighted by Gasteiger charge is 2.31. The van der Waals surface area contributed by atoms with E-state index in [1.807, 2.05) is 30.3 Å². The molecule has 1 heterocycles. The van der Waals surface area contributed by atoms with E-state index >= 15 is 0 Å². The first-order valence-corrected chi connectivity index (χ1v) is 11.9. The second kappa shape index (κ2) is 9.70. The van der Waals surface area contributed by atoms with Crippen LogP contribution in [0.5, 0.6) is 0 Å². The standard InChI is InChI=1S/C23H27FN2O4S/c1-3-22(28)26-11-9-19(10-12-26)31(29,30)25-15-21(27)20-14-18(13-16(2)23(20)24)17-7-5-4-6-8-17/h4-8,13-14,19,25H,3,9-12,15H2,1-2H3. The summed E-state index contributed by atoms with van der Waals surface area (Å²) in [6.07, 6.45) is 1.01. The largest absolute Gasteiger partial charge is 0.343 e. The summed E-state index contributed by atoms with van der Waals surface area (Å²) in [4.78, 5) is 26.1. The molecule has 0 saturated carbocycles. The minimum atomic E-state index is -3.76. The first-order valence-electron chi connectivity index (χ1n) is 10.4. The van der Waals surface area contributed by atoms with Crippen LogP contribution in [-0.4, -0.2) is 49.9 Å². The van der Waals surface area contributed by atoms with Crippen molar-refractivity contribution >= 4 is 21.7 Å². The maximum absolute atomic E-state index is 14.6. The summed E-state index contributed by atoms with van der Waals surface area (Å²) in [5.74, 6) is -1.26. The van der Waals surface area contributed by atoms with E-state index in [4.69, 9.17) is 0 Å². The lowest BCUT2D eigenvalue weighted by Gasteiger charge is -2.31. The van der Waals surface area contributed by atoms with Gasteiger partial charge in [0.1, 0.15) is 5.82 Å². The molecule has 1 amide bonds. The Kier molecular flexibility index (Phi) is 7.23. The summed E-state index contributed by atoms with van der Waals surface area (Å²) in [6, 6.07) is 12.4. The van der Waals surface area contributed by atoms with Crippen molar-refractivity contribution in [3.8, 4) is 11.1 Å². The van der Waals surface area contributed by atoms with E-state index in [9.17, 15) is 22.4 Å². The number of piperidine rings is 1. The van der Waals surface area contributed by atoms with Gasteiger partial charge in [-0.05, 0) is 48.6 Å². The van der Waals surface area contributed by atoms with E-state index in [0.717, 1.165) is 5.56 Å². The Bertz CT molecular complexity index is 1060. The van der Waals surface area contributed by atoms with Crippen LogP contribution < -0.4 is 4.72 Å². The fourth-order valence-corrected chi connectivity index (χ4v) is 5.19. The number of benzene rings is 2. The van der Waals surface area contributed by atoms with Crippen LogP contribution in [0.25, 0.3) is 11.1 Å². The van der Waals surface area contributed by atoms with Gasteiger partial charge in [0.2, 0.25) is 15.9 Å². The molecule has 0 aromatic heterocycles. The average molecular weight is 447 g/mol. The summed E-state index contributed by atoms with van der Waals surface area (Å²) in [5.41, 5.74) is 1.72. The summed E-state index contributed by atoms with van der Waals surface area (Å²) >= 11 is 0. The molecule has 1 fully saturated rings. The number of carbonyl (C=O) groups excluding carboxylic acids is 2. The molecule has 3 rings (SSSR count). The van der Waals surface area contributed by atoms with E-state index in [1.54, 1.807) is 24.8 Å². The normalized spacial score (nSPS) is 15.1. The van der Waals surface area contributed by atoms with Crippen LogP contribution >= 0.6 is 0 Å². The Labute approximate surface area is 182 Å². The molecule has 0 unspecified atom stereocenters. The van der Waals surface area contributed by atoms with E-state index in [2.05, 4.69) is 4.72 Å². The minimum absolute atomic E-state index is 0.00290. The minimum Gasteiger partial charge on any atom is -0.343 e. The fraction of sp³-hybridized carbons (Fsp3) is 0.391. The number of likely N-dealkylation sites (tertiary alicyclic amines) is 1. The number of amides is 1. The zero-order valence-corrected chi connectivity index (χ0v) is 18.5. The molecule has 0 spiro atoms. The number of nitrogens with zero attached hydrogens (tertiary/aromatic N) is 1. The van der Waals surface area contributed by atoms with E-state index < -0.39 is 33.4 Å². The van der Waals surface area contributed by atoms with Crippen molar-refractivity contribution in [2.45, 2.75) is 38.4 Å². The van der Waals surface area contributed by atoms with Crippen molar-refractivity contribution in [3.63, 3.8) is 0 Å². The van der Waals surface area contributed by atoms with Crippen molar-refractivity contribution in [1.82, 2.24) is 9.62 Å². The summed E-state index contributed by atoms with van der Waals surface area (Å²) in [7, 11) is -3.76. The molecular weight excluding hydrogens is 419 g/mol. The number of hydrogen-bond acceptors (Lipinski definition) is 4. The molecule has 8 heteroatoms. The maximum Gasteiger partial charge on any atom is 0.222 e. The topological polar surface area (TPSA) is 83.6 Å². The molecule has 6 nitrogen and oxygen atoms in total. The maximum atomic E-state index is 14.6. The van der Waals surface area contributed by atoms with Crippen molar-refractivity contribution in [2.75, 3.05) is 19.6 Å². The van der Waals surface area contributed by atoms with Crippen molar-refractivity contribution in [3.05, 3.63) is 59.4 Å². The van der Waals surface area contributed by atoms with E-state index in [0.29, 0.717) is 43.5 Å². The molecule has 1 saturated heterocycles. The molecule has 1 aliphatic rings. The van der Waals surface area contributed by atoms with Gasteiger partial charge in [0.15, 0.2) is 5.78 Å². The number of sulfonamides is 1. The smallest absolute Gasteiger partial charge is 0.222 e. The lowest BCUT2D eigenvalue weighted by Crippen LogP contribution is -2.46. The zero-order valence-electron chi connectivity index (χ0n) is 17.7. The quantitative estimate of drug-likeness (QED) is 0.662. The second-order valence-corrected chi connectivity index (χ2v) is 9.79. The van der Waals surface area contributed by atoms with Gasteiger partial charge in [-0.25, -0.2) is 17.5 Å². The lowest BCUT2D eigenvalue weighted by molar-refractivity contribution is -0.131. The van der Waals surface area contributed by atoms with Gasteiger partial charge < -0.3 is 4.90 Å². The third kappa shape index (κ3) is 5.37. The second-order valence-electron chi connectivity index (χ2n) is 7.74. The Balaban J connectivity index is 1.69. The van der Waals surface area contributed by atoms with Gasteiger partial charge in [-0.3, -0.25) is 9.59 Å². The average Bonchev–Trinajstić information content (AvgIpc) is 2.79. The monoisotopic (exact) mass is 446 g/mol. The van der Waals surface area contributed by atoms with Gasteiger partial charge in [-0.1, -0.05) is 37.3 Å². The van der Waals surface area contributed by atoms with E-state index in [-0.39, 0.29) is 11.5 Å². The number of aryl methyl sites for hydroxylation is 1. The Morgan fingerprint density at radius 1 is 1.10 bits per heavy atom. The first kappa shape index (κ1) is 23.1. The zero-order chi connectivity index (χ0) is 22.6.